The fraction of sp³-hybridized carbons (Fsp3) is 0.462. The molecule has 0 bridgehead atoms. The molecule has 0 amide bonds. The molecule has 1 saturated heterocycles. The second-order valence-electron chi connectivity index (χ2n) is 4.05. The van der Waals surface area contributed by atoms with Crippen LogP contribution in [0.15, 0.2) is 24.3 Å². The largest absolute Gasteiger partial charge is 0.368 e. The molecule has 1 aromatic carbocycles. The Labute approximate surface area is 96.0 Å². The molecule has 1 aliphatic rings. The second-order valence-corrected chi connectivity index (χ2v) is 4.05. The molecule has 0 aromatic heterocycles. The molecule has 16 heavy (non-hydrogen) atoms. The zero-order valence-electron chi connectivity index (χ0n) is 9.44. The number of nitrogens with one attached hydrogen (secondary N) is 1. The smallest absolute Gasteiger partial charge is 0.0991 e. The SMILES string of the molecule is CCC1CNCC(c2cccc(C#N)c2)O1. The van der Waals surface area contributed by atoms with E-state index in [1.807, 2.05) is 24.3 Å². The van der Waals surface area contributed by atoms with Gasteiger partial charge < -0.3 is 10.1 Å². The van der Waals surface area contributed by atoms with Gasteiger partial charge in [0.2, 0.25) is 0 Å². The zero-order chi connectivity index (χ0) is 11.4. The van der Waals surface area contributed by atoms with E-state index >= 15 is 0 Å². The normalized spacial score (nSPS) is 25.0. The number of hydrogen-bond acceptors (Lipinski definition) is 3. The minimum absolute atomic E-state index is 0.0759. The van der Waals surface area contributed by atoms with Crippen molar-refractivity contribution in [2.75, 3.05) is 13.1 Å². The number of nitriles is 1. The molecule has 0 aliphatic carbocycles. The molecule has 3 heteroatoms. The average Bonchev–Trinajstić information content (AvgIpc) is 2.39. The van der Waals surface area contributed by atoms with E-state index in [0.29, 0.717) is 5.56 Å². The fourth-order valence-electron chi connectivity index (χ4n) is 1.95. The molecular formula is C13H16N2O. The van der Waals surface area contributed by atoms with Gasteiger partial charge in [-0.05, 0) is 24.1 Å². The van der Waals surface area contributed by atoms with E-state index in [0.717, 1.165) is 25.1 Å². The van der Waals surface area contributed by atoms with Crippen molar-refractivity contribution >= 4 is 0 Å². The Hall–Kier alpha value is -1.37. The maximum Gasteiger partial charge on any atom is 0.0991 e. The predicted molar refractivity (Wildman–Crippen MR) is 61.9 cm³/mol. The average molecular weight is 216 g/mol. The van der Waals surface area contributed by atoms with Gasteiger partial charge in [-0.1, -0.05) is 19.1 Å². The highest BCUT2D eigenvalue weighted by atomic mass is 16.5. The van der Waals surface area contributed by atoms with E-state index < -0.39 is 0 Å². The van der Waals surface area contributed by atoms with Gasteiger partial charge in [-0.3, -0.25) is 0 Å². The molecule has 2 rings (SSSR count). The Kier molecular flexibility index (Phi) is 3.55. The Bertz CT molecular complexity index is 397. The van der Waals surface area contributed by atoms with Gasteiger partial charge in [-0.15, -0.1) is 0 Å². The number of rotatable bonds is 2. The van der Waals surface area contributed by atoms with Crippen LogP contribution in [0.3, 0.4) is 0 Å². The maximum atomic E-state index is 8.85. The Morgan fingerprint density at radius 1 is 1.50 bits per heavy atom. The summed E-state index contributed by atoms with van der Waals surface area (Å²) in [5.41, 5.74) is 1.78. The van der Waals surface area contributed by atoms with Crippen molar-refractivity contribution in [2.24, 2.45) is 0 Å². The van der Waals surface area contributed by atoms with Crippen LogP contribution in [0.25, 0.3) is 0 Å². The third-order valence-corrected chi connectivity index (χ3v) is 2.90. The summed E-state index contributed by atoms with van der Waals surface area (Å²) in [4.78, 5) is 0. The molecule has 1 aromatic rings. The van der Waals surface area contributed by atoms with Crippen LogP contribution >= 0.6 is 0 Å². The molecule has 2 unspecified atom stereocenters. The van der Waals surface area contributed by atoms with Crippen LogP contribution in [0.1, 0.15) is 30.6 Å². The summed E-state index contributed by atoms with van der Waals surface area (Å²) in [6, 6.07) is 9.81. The highest BCUT2D eigenvalue weighted by Crippen LogP contribution is 2.22. The molecule has 84 valence electrons. The van der Waals surface area contributed by atoms with Crippen LogP contribution in [0.4, 0.5) is 0 Å². The summed E-state index contributed by atoms with van der Waals surface area (Å²) in [5, 5.41) is 12.2. The molecule has 0 spiro atoms. The first-order chi connectivity index (χ1) is 7.83. The first kappa shape index (κ1) is 11.1. The van der Waals surface area contributed by atoms with Crippen molar-refractivity contribution in [2.45, 2.75) is 25.6 Å². The lowest BCUT2D eigenvalue weighted by Gasteiger charge is -2.30. The Morgan fingerprint density at radius 2 is 2.38 bits per heavy atom. The Balaban J connectivity index is 2.14. The number of benzene rings is 1. The number of nitrogens with zero attached hydrogens (tertiary/aromatic N) is 1. The van der Waals surface area contributed by atoms with Crippen molar-refractivity contribution in [3.8, 4) is 6.07 Å². The summed E-state index contributed by atoms with van der Waals surface area (Å²) < 4.78 is 5.95. The van der Waals surface area contributed by atoms with E-state index in [-0.39, 0.29) is 12.2 Å². The molecule has 1 N–H and O–H groups in total. The van der Waals surface area contributed by atoms with E-state index in [4.69, 9.17) is 10.00 Å². The summed E-state index contributed by atoms with van der Waals surface area (Å²) in [5.74, 6) is 0. The molecule has 3 nitrogen and oxygen atoms in total. The quantitative estimate of drug-likeness (QED) is 0.822. The summed E-state index contributed by atoms with van der Waals surface area (Å²) in [6.07, 6.45) is 1.37. The van der Waals surface area contributed by atoms with Gasteiger partial charge in [0.15, 0.2) is 0 Å². The van der Waals surface area contributed by atoms with Crippen LogP contribution in [0.2, 0.25) is 0 Å². The number of morpholine rings is 1. The highest BCUT2D eigenvalue weighted by molar-refractivity contribution is 5.34. The summed E-state index contributed by atoms with van der Waals surface area (Å²) >= 11 is 0. The first-order valence-electron chi connectivity index (χ1n) is 5.69. The van der Waals surface area contributed by atoms with E-state index in [1.165, 1.54) is 0 Å². The first-order valence-corrected chi connectivity index (χ1v) is 5.69. The molecule has 1 fully saturated rings. The Morgan fingerprint density at radius 3 is 3.12 bits per heavy atom. The van der Waals surface area contributed by atoms with Crippen molar-refractivity contribution in [3.05, 3.63) is 35.4 Å². The van der Waals surface area contributed by atoms with E-state index in [2.05, 4.69) is 18.3 Å². The third-order valence-electron chi connectivity index (χ3n) is 2.90. The standard InChI is InChI=1S/C13H16N2O/c1-2-12-8-15-9-13(16-12)11-5-3-4-10(6-11)7-14/h3-6,12-13,15H,2,8-9H2,1H3. The predicted octanol–water partition coefficient (Wildman–Crippen LogP) is 2.00. The van der Waals surface area contributed by atoms with Gasteiger partial charge in [0.05, 0.1) is 23.8 Å². The van der Waals surface area contributed by atoms with Crippen molar-refractivity contribution in [1.29, 1.82) is 5.26 Å². The van der Waals surface area contributed by atoms with Crippen molar-refractivity contribution < 1.29 is 4.74 Å². The lowest BCUT2D eigenvalue weighted by Crippen LogP contribution is -2.40. The molecule has 0 saturated carbocycles. The molecule has 2 atom stereocenters. The topological polar surface area (TPSA) is 45.0 Å². The highest BCUT2D eigenvalue weighted by Gasteiger charge is 2.22. The van der Waals surface area contributed by atoms with Crippen LogP contribution in [0.5, 0.6) is 0 Å². The molecule has 0 radical (unpaired) electrons. The van der Waals surface area contributed by atoms with Crippen LogP contribution in [0, 0.1) is 11.3 Å². The third kappa shape index (κ3) is 2.41. The van der Waals surface area contributed by atoms with Gasteiger partial charge in [-0.25, -0.2) is 0 Å². The van der Waals surface area contributed by atoms with Gasteiger partial charge >= 0.3 is 0 Å². The summed E-state index contributed by atoms with van der Waals surface area (Å²) in [7, 11) is 0. The number of hydrogen-bond donors (Lipinski definition) is 1. The monoisotopic (exact) mass is 216 g/mol. The fourth-order valence-corrected chi connectivity index (χ4v) is 1.95. The van der Waals surface area contributed by atoms with Crippen LogP contribution in [-0.2, 0) is 4.74 Å². The van der Waals surface area contributed by atoms with Gasteiger partial charge in [0, 0.05) is 13.1 Å². The molecular weight excluding hydrogens is 200 g/mol. The minimum atomic E-state index is 0.0759. The molecule has 1 heterocycles. The van der Waals surface area contributed by atoms with Gasteiger partial charge in [0.1, 0.15) is 0 Å². The lowest BCUT2D eigenvalue weighted by molar-refractivity contribution is -0.0399. The zero-order valence-corrected chi connectivity index (χ0v) is 9.44. The van der Waals surface area contributed by atoms with E-state index in [9.17, 15) is 0 Å². The second kappa shape index (κ2) is 5.11. The van der Waals surface area contributed by atoms with Gasteiger partial charge in [-0.2, -0.15) is 5.26 Å². The van der Waals surface area contributed by atoms with E-state index in [1.54, 1.807) is 0 Å². The summed E-state index contributed by atoms with van der Waals surface area (Å²) in [6.45, 7) is 3.87. The molecule has 1 aliphatic heterocycles. The van der Waals surface area contributed by atoms with Crippen molar-refractivity contribution in [1.82, 2.24) is 5.32 Å². The van der Waals surface area contributed by atoms with Crippen LogP contribution in [-0.4, -0.2) is 19.2 Å². The minimum Gasteiger partial charge on any atom is -0.368 e. The number of ether oxygens (including phenoxy) is 1. The lowest BCUT2D eigenvalue weighted by atomic mass is 10.0. The van der Waals surface area contributed by atoms with Gasteiger partial charge in [0.25, 0.3) is 0 Å². The van der Waals surface area contributed by atoms with Crippen LogP contribution < -0.4 is 5.32 Å². The maximum absolute atomic E-state index is 8.85. The van der Waals surface area contributed by atoms with Crippen molar-refractivity contribution in [3.63, 3.8) is 0 Å².